The third kappa shape index (κ3) is 5.83. The van der Waals surface area contributed by atoms with Gasteiger partial charge in [-0.1, -0.05) is 24.9 Å². The minimum absolute atomic E-state index is 0.0419. The molecule has 0 radical (unpaired) electrons. The minimum atomic E-state index is -4.52. The highest BCUT2D eigenvalue weighted by Gasteiger charge is 2.33. The number of nitrogens with one attached hydrogen (secondary N) is 2. The molecule has 1 unspecified atom stereocenters. The molecule has 0 saturated carbocycles. The van der Waals surface area contributed by atoms with Gasteiger partial charge in [-0.25, -0.2) is 0 Å². The third-order valence-corrected chi connectivity index (χ3v) is 3.18. The van der Waals surface area contributed by atoms with Crippen molar-refractivity contribution in [2.75, 3.05) is 11.9 Å². The van der Waals surface area contributed by atoms with Crippen LogP contribution in [0.1, 0.15) is 32.3 Å². The molecule has 1 amide bonds. The molecule has 0 aliphatic heterocycles. The fraction of sp³-hybridized carbons (Fsp3) is 0.500. The van der Waals surface area contributed by atoms with E-state index in [1.165, 1.54) is 6.07 Å². The second-order valence-corrected chi connectivity index (χ2v) is 5.21. The number of benzene rings is 1. The Bertz CT molecular complexity index is 492. The summed E-state index contributed by atoms with van der Waals surface area (Å²) in [5.74, 6) is -0.264. The molecule has 2 N–H and O–H groups in total. The Morgan fingerprint density at radius 2 is 2.05 bits per heavy atom. The summed E-state index contributed by atoms with van der Waals surface area (Å²) in [6.07, 6.45) is -2.72. The highest BCUT2D eigenvalue weighted by atomic mass is 35.5. The van der Waals surface area contributed by atoms with Crippen molar-refractivity contribution in [3.8, 4) is 0 Å². The standard InChI is InChI=1S/C14H18ClF3N2O/c1-3-4-9(2)20-13(21)8-19-10-5-6-12(15)11(7-10)14(16,17)18/h5-7,9,19H,3-4,8H2,1-2H3,(H,20,21). The van der Waals surface area contributed by atoms with Crippen LogP contribution in [0.3, 0.4) is 0 Å². The number of hydrogen-bond acceptors (Lipinski definition) is 2. The maximum atomic E-state index is 12.7. The average Bonchev–Trinajstić information content (AvgIpc) is 2.36. The zero-order valence-electron chi connectivity index (χ0n) is 11.9. The van der Waals surface area contributed by atoms with Crippen LogP contribution in [-0.4, -0.2) is 18.5 Å². The molecule has 1 rings (SSSR count). The van der Waals surface area contributed by atoms with Gasteiger partial charge in [0.25, 0.3) is 0 Å². The molecule has 0 aliphatic carbocycles. The number of hydrogen-bond donors (Lipinski definition) is 2. The topological polar surface area (TPSA) is 41.1 Å². The SMILES string of the molecule is CCCC(C)NC(=O)CNc1ccc(Cl)c(C(F)(F)F)c1. The van der Waals surface area contributed by atoms with Crippen LogP contribution < -0.4 is 10.6 Å². The Balaban J connectivity index is 2.62. The number of halogens is 4. The zero-order valence-corrected chi connectivity index (χ0v) is 12.6. The quantitative estimate of drug-likeness (QED) is 0.828. The van der Waals surface area contributed by atoms with E-state index < -0.39 is 11.7 Å². The average molecular weight is 323 g/mol. The van der Waals surface area contributed by atoms with Crippen molar-refractivity contribution in [3.63, 3.8) is 0 Å². The Hall–Kier alpha value is -1.43. The van der Waals surface area contributed by atoms with E-state index in [9.17, 15) is 18.0 Å². The van der Waals surface area contributed by atoms with Crippen molar-refractivity contribution in [2.45, 2.75) is 38.9 Å². The fourth-order valence-corrected chi connectivity index (χ4v) is 2.09. The van der Waals surface area contributed by atoms with E-state index >= 15 is 0 Å². The van der Waals surface area contributed by atoms with Gasteiger partial charge in [0.05, 0.1) is 17.1 Å². The van der Waals surface area contributed by atoms with Crippen LogP contribution in [0.25, 0.3) is 0 Å². The zero-order chi connectivity index (χ0) is 16.0. The van der Waals surface area contributed by atoms with Crippen LogP contribution in [0.4, 0.5) is 18.9 Å². The van der Waals surface area contributed by atoms with Crippen LogP contribution in [0, 0.1) is 0 Å². The molecule has 0 saturated heterocycles. The number of carbonyl (C=O) groups excluding carboxylic acids is 1. The molecule has 1 aromatic carbocycles. The second kappa shape index (κ2) is 7.54. The van der Waals surface area contributed by atoms with Gasteiger partial charge in [0.2, 0.25) is 5.91 Å². The number of anilines is 1. The van der Waals surface area contributed by atoms with E-state index in [2.05, 4.69) is 10.6 Å². The van der Waals surface area contributed by atoms with E-state index in [0.717, 1.165) is 25.0 Å². The van der Waals surface area contributed by atoms with Crippen molar-refractivity contribution < 1.29 is 18.0 Å². The summed E-state index contributed by atoms with van der Waals surface area (Å²) in [6, 6.07) is 3.50. The first-order valence-electron chi connectivity index (χ1n) is 6.64. The van der Waals surface area contributed by atoms with Gasteiger partial charge in [-0.3, -0.25) is 4.79 Å². The molecular formula is C14H18ClF3N2O. The summed E-state index contributed by atoms with van der Waals surface area (Å²) in [4.78, 5) is 11.6. The van der Waals surface area contributed by atoms with E-state index in [1.54, 1.807) is 0 Å². The Morgan fingerprint density at radius 1 is 1.38 bits per heavy atom. The lowest BCUT2D eigenvalue weighted by atomic mass is 10.2. The maximum Gasteiger partial charge on any atom is 0.417 e. The molecule has 21 heavy (non-hydrogen) atoms. The Kier molecular flexibility index (Phi) is 6.33. The van der Waals surface area contributed by atoms with Crippen LogP contribution in [-0.2, 0) is 11.0 Å². The molecule has 0 bridgehead atoms. The predicted octanol–water partition coefficient (Wildman–Crippen LogP) is 4.08. The normalized spacial score (nSPS) is 12.9. The number of rotatable bonds is 6. The molecule has 0 aliphatic rings. The first-order chi connectivity index (χ1) is 9.74. The molecule has 7 heteroatoms. The summed E-state index contributed by atoms with van der Waals surface area (Å²) in [5, 5.41) is 5.05. The summed E-state index contributed by atoms with van der Waals surface area (Å²) in [7, 11) is 0. The monoisotopic (exact) mass is 322 g/mol. The van der Waals surface area contributed by atoms with Crippen LogP contribution in [0.5, 0.6) is 0 Å². The molecule has 0 spiro atoms. The van der Waals surface area contributed by atoms with Crippen molar-refractivity contribution in [1.29, 1.82) is 0 Å². The lowest BCUT2D eigenvalue weighted by Gasteiger charge is -2.15. The molecule has 3 nitrogen and oxygen atoms in total. The number of carbonyl (C=O) groups is 1. The second-order valence-electron chi connectivity index (χ2n) is 4.80. The van der Waals surface area contributed by atoms with Crippen LogP contribution in [0.2, 0.25) is 5.02 Å². The smallest absolute Gasteiger partial charge is 0.376 e. The van der Waals surface area contributed by atoms with Gasteiger partial charge in [0.15, 0.2) is 0 Å². The summed E-state index contributed by atoms with van der Waals surface area (Å²) in [6.45, 7) is 3.80. The van der Waals surface area contributed by atoms with Gasteiger partial charge in [-0.15, -0.1) is 0 Å². The fourth-order valence-electron chi connectivity index (χ4n) is 1.87. The van der Waals surface area contributed by atoms with Crippen molar-refractivity contribution in [3.05, 3.63) is 28.8 Å². The molecule has 0 fully saturated rings. The van der Waals surface area contributed by atoms with E-state index in [4.69, 9.17) is 11.6 Å². The molecular weight excluding hydrogens is 305 g/mol. The number of alkyl halides is 3. The molecule has 118 valence electrons. The van der Waals surface area contributed by atoms with Crippen molar-refractivity contribution in [1.82, 2.24) is 5.32 Å². The first-order valence-corrected chi connectivity index (χ1v) is 7.01. The van der Waals surface area contributed by atoms with Gasteiger partial charge in [-0.05, 0) is 31.5 Å². The van der Waals surface area contributed by atoms with Crippen molar-refractivity contribution >= 4 is 23.2 Å². The lowest BCUT2D eigenvalue weighted by Crippen LogP contribution is -2.36. The van der Waals surface area contributed by atoms with E-state index in [1.807, 2.05) is 13.8 Å². The van der Waals surface area contributed by atoms with Crippen molar-refractivity contribution in [2.24, 2.45) is 0 Å². The minimum Gasteiger partial charge on any atom is -0.376 e. The maximum absolute atomic E-state index is 12.7. The molecule has 1 aromatic rings. The summed E-state index contributed by atoms with van der Waals surface area (Å²) >= 11 is 5.52. The third-order valence-electron chi connectivity index (χ3n) is 2.85. The molecule has 1 atom stereocenters. The first kappa shape index (κ1) is 17.6. The Morgan fingerprint density at radius 3 is 2.62 bits per heavy atom. The molecule has 0 heterocycles. The van der Waals surface area contributed by atoms with Gasteiger partial charge in [0, 0.05) is 11.7 Å². The van der Waals surface area contributed by atoms with Gasteiger partial charge >= 0.3 is 6.18 Å². The summed E-state index contributed by atoms with van der Waals surface area (Å²) in [5.41, 5.74) is -0.723. The van der Waals surface area contributed by atoms with Gasteiger partial charge in [-0.2, -0.15) is 13.2 Å². The molecule has 0 aromatic heterocycles. The predicted molar refractivity (Wildman–Crippen MR) is 77.5 cm³/mol. The number of amides is 1. The van der Waals surface area contributed by atoms with Gasteiger partial charge in [0.1, 0.15) is 0 Å². The van der Waals surface area contributed by atoms with Crippen LogP contribution >= 0.6 is 11.6 Å². The van der Waals surface area contributed by atoms with E-state index in [-0.39, 0.29) is 29.2 Å². The Labute approximate surface area is 126 Å². The lowest BCUT2D eigenvalue weighted by molar-refractivity contribution is -0.137. The van der Waals surface area contributed by atoms with Gasteiger partial charge < -0.3 is 10.6 Å². The highest BCUT2D eigenvalue weighted by molar-refractivity contribution is 6.31. The van der Waals surface area contributed by atoms with Crippen LogP contribution in [0.15, 0.2) is 18.2 Å². The highest BCUT2D eigenvalue weighted by Crippen LogP contribution is 2.36. The van der Waals surface area contributed by atoms with E-state index in [0.29, 0.717) is 0 Å². The largest absolute Gasteiger partial charge is 0.417 e. The summed E-state index contributed by atoms with van der Waals surface area (Å²) < 4.78 is 38.1.